The van der Waals surface area contributed by atoms with Crippen molar-refractivity contribution < 1.29 is 4.79 Å². The molecule has 0 radical (unpaired) electrons. The summed E-state index contributed by atoms with van der Waals surface area (Å²) in [6.45, 7) is 3.95. The highest BCUT2D eigenvalue weighted by Gasteiger charge is 2.26. The van der Waals surface area contributed by atoms with Crippen molar-refractivity contribution in [1.29, 1.82) is 0 Å². The number of benzene rings is 2. The predicted octanol–water partition coefficient (Wildman–Crippen LogP) is 3.42. The van der Waals surface area contributed by atoms with Gasteiger partial charge in [-0.25, -0.2) is 0 Å². The third kappa shape index (κ3) is 3.86. The summed E-state index contributed by atoms with van der Waals surface area (Å²) < 4.78 is 0. The molecule has 2 aromatic rings. The fourth-order valence-corrected chi connectivity index (χ4v) is 4.33. The fraction of sp³-hybridized carbons (Fsp3) is 0.435. The van der Waals surface area contributed by atoms with Gasteiger partial charge in [-0.15, -0.1) is 0 Å². The van der Waals surface area contributed by atoms with Gasteiger partial charge in [0.05, 0.1) is 0 Å². The molecular weight excluding hydrogens is 334 g/mol. The van der Waals surface area contributed by atoms with Crippen LogP contribution in [0, 0.1) is 0 Å². The van der Waals surface area contributed by atoms with Crippen molar-refractivity contribution in [3.63, 3.8) is 0 Å². The molecule has 1 fully saturated rings. The van der Waals surface area contributed by atoms with Crippen LogP contribution in [0.25, 0.3) is 0 Å². The molecule has 0 spiro atoms. The maximum atomic E-state index is 12.9. The molecule has 1 amide bonds. The summed E-state index contributed by atoms with van der Waals surface area (Å²) in [7, 11) is 4.08. The molecule has 2 aliphatic heterocycles. The van der Waals surface area contributed by atoms with Crippen LogP contribution in [0.4, 0.5) is 5.69 Å². The molecule has 2 aromatic carbocycles. The number of carbonyl (C=O) groups is 1. The summed E-state index contributed by atoms with van der Waals surface area (Å²) in [5.74, 6) is 0.107. The number of rotatable bonds is 4. The first kappa shape index (κ1) is 18.1. The maximum absolute atomic E-state index is 12.9. The number of carbonyl (C=O) groups excluding carboxylic acids is 1. The molecule has 1 saturated heterocycles. The van der Waals surface area contributed by atoms with E-state index in [0.29, 0.717) is 6.04 Å². The van der Waals surface area contributed by atoms with Gasteiger partial charge in [0.1, 0.15) is 0 Å². The number of hydrogen-bond acceptors (Lipinski definition) is 3. The number of hydrogen-bond donors (Lipinski definition) is 0. The number of amides is 1. The highest BCUT2D eigenvalue weighted by atomic mass is 16.2. The van der Waals surface area contributed by atoms with Crippen LogP contribution in [-0.2, 0) is 13.0 Å². The van der Waals surface area contributed by atoms with Gasteiger partial charge in [0.2, 0.25) is 0 Å². The van der Waals surface area contributed by atoms with Crippen LogP contribution in [0.5, 0.6) is 0 Å². The minimum absolute atomic E-state index is 0.107. The molecule has 0 unspecified atom stereocenters. The molecule has 4 rings (SSSR count). The second-order valence-electron chi connectivity index (χ2n) is 7.97. The molecule has 2 heterocycles. The van der Waals surface area contributed by atoms with Gasteiger partial charge in [-0.2, -0.15) is 0 Å². The quantitative estimate of drug-likeness (QED) is 0.833. The van der Waals surface area contributed by atoms with E-state index >= 15 is 0 Å². The smallest absolute Gasteiger partial charge is 0.253 e. The molecule has 0 N–H and O–H groups in total. The van der Waals surface area contributed by atoms with Crippen LogP contribution >= 0.6 is 0 Å². The third-order valence-electron chi connectivity index (χ3n) is 6.03. The lowest BCUT2D eigenvalue weighted by Gasteiger charge is -2.36. The summed E-state index contributed by atoms with van der Waals surface area (Å²) in [6, 6.07) is 17.1. The normalized spacial score (nSPS) is 19.8. The van der Waals surface area contributed by atoms with Gasteiger partial charge < -0.3 is 9.80 Å². The molecule has 4 heteroatoms. The van der Waals surface area contributed by atoms with Gasteiger partial charge in [0.25, 0.3) is 5.91 Å². The van der Waals surface area contributed by atoms with Crippen molar-refractivity contribution >= 4 is 11.6 Å². The lowest BCUT2D eigenvalue weighted by molar-refractivity contribution is 0.0733. The molecular formula is C23H29N3O. The molecule has 0 aliphatic carbocycles. The van der Waals surface area contributed by atoms with Crippen molar-refractivity contribution in [2.75, 3.05) is 38.6 Å². The fourth-order valence-electron chi connectivity index (χ4n) is 4.33. The number of likely N-dealkylation sites (N-methyl/N-ethyl adjacent to an activating group) is 2. The Labute approximate surface area is 162 Å². The zero-order valence-corrected chi connectivity index (χ0v) is 16.4. The standard InChI is InChI=1S/C23H29N3O/c1-24-16-20-8-4-3-7-19(20)15-22(24)17-25(2)23(27)18-9-11-21(12-10-18)26-13-5-6-14-26/h3-4,7-12,22H,5-6,13-17H2,1-2H3/t22-/m0/s1. The van der Waals surface area contributed by atoms with E-state index in [2.05, 4.69) is 53.2 Å². The van der Waals surface area contributed by atoms with Gasteiger partial charge in [-0.3, -0.25) is 9.69 Å². The van der Waals surface area contributed by atoms with E-state index in [-0.39, 0.29) is 5.91 Å². The first-order valence-corrected chi connectivity index (χ1v) is 9.99. The molecule has 0 aromatic heterocycles. The van der Waals surface area contributed by atoms with Gasteiger partial charge in [-0.1, -0.05) is 24.3 Å². The summed E-state index contributed by atoms with van der Waals surface area (Å²) in [5.41, 5.74) is 4.83. The zero-order valence-electron chi connectivity index (χ0n) is 16.4. The van der Waals surface area contributed by atoms with E-state index in [4.69, 9.17) is 0 Å². The molecule has 0 saturated carbocycles. The predicted molar refractivity (Wildman–Crippen MR) is 110 cm³/mol. The van der Waals surface area contributed by atoms with Crippen LogP contribution in [-0.4, -0.2) is 55.5 Å². The van der Waals surface area contributed by atoms with Gasteiger partial charge >= 0.3 is 0 Å². The third-order valence-corrected chi connectivity index (χ3v) is 6.03. The van der Waals surface area contributed by atoms with Crippen LogP contribution in [0.1, 0.15) is 34.3 Å². The first-order chi connectivity index (χ1) is 13.1. The summed E-state index contributed by atoms with van der Waals surface area (Å²) in [6.07, 6.45) is 3.53. The Balaban J connectivity index is 1.40. The van der Waals surface area contributed by atoms with Crippen LogP contribution in [0.15, 0.2) is 48.5 Å². The average molecular weight is 364 g/mol. The topological polar surface area (TPSA) is 26.8 Å². The minimum Gasteiger partial charge on any atom is -0.372 e. The Hall–Kier alpha value is -2.33. The van der Waals surface area contributed by atoms with Crippen molar-refractivity contribution in [1.82, 2.24) is 9.80 Å². The van der Waals surface area contributed by atoms with E-state index in [9.17, 15) is 4.79 Å². The van der Waals surface area contributed by atoms with E-state index in [1.54, 1.807) is 0 Å². The monoisotopic (exact) mass is 363 g/mol. The number of nitrogens with zero attached hydrogens (tertiary/aromatic N) is 3. The lowest BCUT2D eigenvalue weighted by atomic mass is 9.94. The van der Waals surface area contributed by atoms with Crippen LogP contribution in [0.2, 0.25) is 0 Å². The Morgan fingerprint density at radius 1 is 1.04 bits per heavy atom. The van der Waals surface area contributed by atoms with Crippen molar-refractivity contribution in [3.8, 4) is 0 Å². The van der Waals surface area contributed by atoms with Crippen LogP contribution in [0.3, 0.4) is 0 Å². The average Bonchev–Trinajstić information content (AvgIpc) is 3.23. The molecule has 0 bridgehead atoms. The summed E-state index contributed by atoms with van der Waals surface area (Å²) in [5, 5.41) is 0. The highest BCUT2D eigenvalue weighted by molar-refractivity contribution is 5.94. The van der Waals surface area contributed by atoms with E-state index in [0.717, 1.165) is 38.2 Å². The van der Waals surface area contributed by atoms with Crippen LogP contribution < -0.4 is 4.90 Å². The Kier molecular flexibility index (Phi) is 5.17. The summed E-state index contributed by atoms with van der Waals surface area (Å²) >= 11 is 0. The van der Waals surface area contributed by atoms with Crippen molar-refractivity contribution in [3.05, 3.63) is 65.2 Å². The minimum atomic E-state index is 0.107. The first-order valence-electron chi connectivity index (χ1n) is 9.99. The summed E-state index contributed by atoms with van der Waals surface area (Å²) in [4.78, 5) is 19.5. The Bertz CT molecular complexity index is 796. The molecule has 4 nitrogen and oxygen atoms in total. The van der Waals surface area contributed by atoms with E-state index in [1.165, 1.54) is 29.7 Å². The zero-order chi connectivity index (χ0) is 18.8. The second-order valence-corrected chi connectivity index (χ2v) is 7.97. The van der Waals surface area contributed by atoms with Crippen molar-refractivity contribution in [2.24, 2.45) is 0 Å². The van der Waals surface area contributed by atoms with Gasteiger partial charge in [0.15, 0.2) is 0 Å². The van der Waals surface area contributed by atoms with Gasteiger partial charge in [-0.05, 0) is 61.7 Å². The van der Waals surface area contributed by atoms with E-state index < -0.39 is 0 Å². The number of anilines is 1. The molecule has 2 aliphatic rings. The highest BCUT2D eigenvalue weighted by Crippen LogP contribution is 2.23. The Morgan fingerprint density at radius 3 is 2.41 bits per heavy atom. The largest absolute Gasteiger partial charge is 0.372 e. The SMILES string of the molecule is CN(C[C@@H]1Cc2ccccc2CN1C)C(=O)c1ccc(N2CCCC2)cc1. The Morgan fingerprint density at radius 2 is 1.70 bits per heavy atom. The molecule has 142 valence electrons. The number of fused-ring (bicyclic) bond motifs is 1. The molecule has 1 atom stereocenters. The van der Waals surface area contributed by atoms with E-state index in [1.807, 2.05) is 24.1 Å². The van der Waals surface area contributed by atoms with Crippen molar-refractivity contribution in [2.45, 2.75) is 31.8 Å². The maximum Gasteiger partial charge on any atom is 0.253 e. The molecule has 27 heavy (non-hydrogen) atoms. The van der Waals surface area contributed by atoms with Gasteiger partial charge in [0, 0.05) is 50.5 Å². The lowest BCUT2D eigenvalue weighted by Crippen LogP contribution is -2.46. The second kappa shape index (κ2) is 7.73.